The van der Waals surface area contributed by atoms with Crippen LogP contribution in [-0.2, 0) is 9.84 Å². The van der Waals surface area contributed by atoms with Crippen LogP contribution >= 0.6 is 0 Å². The Balaban J connectivity index is 2.45. The van der Waals surface area contributed by atoms with E-state index in [1.54, 1.807) is 4.68 Å². The van der Waals surface area contributed by atoms with Crippen molar-refractivity contribution in [2.45, 2.75) is 50.1 Å². The molecule has 1 aliphatic rings. The van der Waals surface area contributed by atoms with Gasteiger partial charge in [-0.3, -0.25) is 0 Å². The maximum Gasteiger partial charge on any atom is 0.182 e. The van der Waals surface area contributed by atoms with Crippen molar-refractivity contribution in [3.05, 3.63) is 0 Å². The van der Waals surface area contributed by atoms with E-state index in [4.69, 9.17) is 5.73 Å². The number of anilines is 2. The summed E-state index contributed by atoms with van der Waals surface area (Å²) in [5.41, 5.74) is 5.91. The molecule has 102 valence electrons. The van der Waals surface area contributed by atoms with E-state index in [9.17, 15) is 8.42 Å². The number of nitrogens with two attached hydrogens (primary N) is 1. The lowest BCUT2D eigenvalue weighted by Gasteiger charge is -2.26. The van der Waals surface area contributed by atoms with Crippen LogP contribution in [0, 0.1) is 0 Å². The van der Waals surface area contributed by atoms with Crippen LogP contribution in [0.2, 0.25) is 0 Å². The molecule has 1 fully saturated rings. The highest BCUT2D eigenvalue weighted by atomic mass is 32.2. The molecule has 0 amide bonds. The zero-order valence-electron chi connectivity index (χ0n) is 11.0. The van der Waals surface area contributed by atoms with Crippen LogP contribution in [0.1, 0.15) is 39.2 Å². The molecule has 6 nitrogen and oxygen atoms in total. The van der Waals surface area contributed by atoms with E-state index < -0.39 is 9.84 Å². The minimum Gasteiger partial charge on any atom is -0.383 e. The Labute approximate surface area is 107 Å². The predicted molar refractivity (Wildman–Crippen MR) is 71.4 cm³/mol. The minimum absolute atomic E-state index is 0.0300. The summed E-state index contributed by atoms with van der Waals surface area (Å²) in [5, 5.41) is 7.48. The highest BCUT2D eigenvalue weighted by Gasteiger charge is 2.28. The number of nitrogen functional groups attached to an aromatic ring is 1. The fraction of sp³-hybridized carbons (Fsp3) is 0.727. The van der Waals surface area contributed by atoms with Gasteiger partial charge in [0.2, 0.25) is 0 Å². The SMILES string of the molecule is CC(C)n1nc(NC2CCC2)c(S(C)(=O)=O)c1N. The molecule has 1 heterocycles. The van der Waals surface area contributed by atoms with Crippen LogP contribution in [0.25, 0.3) is 0 Å². The molecule has 0 unspecified atom stereocenters. The molecule has 2 rings (SSSR count). The van der Waals surface area contributed by atoms with Gasteiger partial charge in [-0.15, -0.1) is 0 Å². The fourth-order valence-electron chi connectivity index (χ4n) is 2.03. The quantitative estimate of drug-likeness (QED) is 0.865. The first-order valence-electron chi connectivity index (χ1n) is 6.15. The van der Waals surface area contributed by atoms with Gasteiger partial charge in [0, 0.05) is 18.3 Å². The summed E-state index contributed by atoms with van der Waals surface area (Å²) < 4.78 is 25.2. The van der Waals surface area contributed by atoms with Crippen molar-refractivity contribution in [2.75, 3.05) is 17.3 Å². The average molecular weight is 272 g/mol. The molecule has 0 radical (unpaired) electrons. The molecular formula is C11H20N4O2S. The lowest BCUT2D eigenvalue weighted by atomic mass is 9.93. The van der Waals surface area contributed by atoms with Crippen molar-refractivity contribution in [1.29, 1.82) is 0 Å². The lowest BCUT2D eigenvalue weighted by Crippen LogP contribution is -2.28. The van der Waals surface area contributed by atoms with Gasteiger partial charge in [0.25, 0.3) is 0 Å². The summed E-state index contributed by atoms with van der Waals surface area (Å²) in [4.78, 5) is 0.128. The number of rotatable bonds is 4. The van der Waals surface area contributed by atoms with E-state index in [0.717, 1.165) is 19.1 Å². The highest BCUT2D eigenvalue weighted by Crippen LogP contribution is 2.32. The number of hydrogen-bond donors (Lipinski definition) is 2. The zero-order chi connectivity index (χ0) is 13.5. The molecule has 3 N–H and O–H groups in total. The Morgan fingerprint density at radius 3 is 2.44 bits per heavy atom. The maximum absolute atomic E-state index is 11.8. The van der Waals surface area contributed by atoms with Gasteiger partial charge in [0.05, 0.1) is 0 Å². The first-order valence-corrected chi connectivity index (χ1v) is 8.04. The third kappa shape index (κ3) is 2.31. The van der Waals surface area contributed by atoms with Crippen LogP contribution in [0.4, 0.5) is 11.6 Å². The second-order valence-corrected chi connectivity index (χ2v) is 7.10. The second kappa shape index (κ2) is 4.46. The molecule has 0 aromatic carbocycles. The topological polar surface area (TPSA) is 90.0 Å². The molecule has 0 atom stereocenters. The van der Waals surface area contributed by atoms with E-state index in [0.29, 0.717) is 11.9 Å². The van der Waals surface area contributed by atoms with Gasteiger partial charge in [0.15, 0.2) is 20.6 Å². The molecule has 0 saturated heterocycles. The van der Waals surface area contributed by atoms with Crippen LogP contribution in [0.15, 0.2) is 4.90 Å². The molecule has 0 aliphatic heterocycles. The molecule has 7 heteroatoms. The van der Waals surface area contributed by atoms with E-state index in [1.807, 2.05) is 13.8 Å². The van der Waals surface area contributed by atoms with Gasteiger partial charge in [-0.05, 0) is 33.1 Å². The minimum atomic E-state index is -3.38. The Morgan fingerprint density at radius 1 is 1.44 bits per heavy atom. The summed E-state index contributed by atoms with van der Waals surface area (Å²) in [6.07, 6.45) is 4.44. The van der Waals surface area contributed by atoms with E-state index in [2.05, 4.69) is 10.4 Å². The first kappa shape index (κ1) is 13.2. The molecular weight excluding hydrogens is 252 g/mol. The molecule has 1 aliphatic carbocycles. The summed E-state index contributed by atoms with van der Waals surface area (Å²) in [7, 11) is -3.38. The van der Waals surface area contributed by atoms with Crippen molar-refractivity contribution in [2.24, 2.45) is 0 Å². The largest absolute Gasteiger partial charge is 0.383 e. The number of aromatic nitrogens is 2. The van der Waals surface area contributed by atoms with Gasteiger partial charge in [-0.25, -0.2) is 13.1 Å². The van der Waals surface area contributed by atoms with E-state index in [1.165, 1.54) is 6.42 Å². The van der Waals surface area contributed by atoms with Gasteiger partial charge >= 0.3 is 0 Å². The smallest absolute Gasteiger partial charge is 0.182 e. The number of hydrogen-bond acceptors (Lipinski definition) is 5. The fourth-order valence-corrected chi connectivity index (χ4v) is 2.96. The van der Waals surface area contributed by atoms with Crippen LogP contribution in [0.5, 0.6) is 0 Å². The Hall–Kier alpha value is -1.24. The van der Waals surface area contributed by atoms with Crippen molar-refractivity contribution < 1.29 is 8.42 Å². The van der Waals surface area contributed by atoms with Crippen molar-refractivity contribution >= 4 is 21.5 Å². The lowest BCUT2D eigenvalue weighted by molar-refractivity contribution is 0.442. The molecule has 0 spiro atoms. The molecule has 18 heavy (non-hydrogen) atoms. The third-order valence-electron chi connectivity index (χ3n) is 3.21. The summed E-state index contributed by atoms with van der Waals surface area (Å²) >= 11 is 0. The van der Waals surface area contributed by atoms with Crippen LogP contribution in [0.3, 0.4) is 0 Å². The predicted octanol–water partition coefficient (Wildman–Crippen LogP) is 1.41. The van der Waals surface area contributed by atoms with Crippen LogP contribution in [-0.4, -0.2) is 30.5 Å². The zero-order valence-corrected chi connectivity index (χ0v) is 11.8. The first-order chi connectivity index (χ1) is 8.30. The summed E-state index contributed by atoms with van der Waals surface area (Å²) in [6, 6.07) is 0.350. The maximum atomic E-state index is 11.8. The molecule has 1 aromatic rings. The monoisotopic (exact) mass is 272 g/mol. The number of sulfone groups is 1. The Kier molecular flexibility index (Phi) is 3.27. The van der Waals surface area contributed by atoms with Gasteiger partial charge in [-0.2, -0.15) is 5.10 Å². The highest BCUT2D eigenvalue weighted by molar-refractivity contribution is 7.91. The Morgan fingerprint density at radius 2 is 2.06 bits per heavy atom. The second-order valence-electron chi connectivity index (χ2n) is 5.15. The van der Waals surface area contributed by atoms with E-state index >= 15 is 0 Å². The third-order valence-corrected chi connectivity index (χ3v) is 4.35. The number of nitrogens with zero attached hydrogens (tertiary/aromatic N) is 2. The van der Waals surface area contributed by atoms with Gasteiger partial charge < -0.3 is 11.1 Å². The molecule has 0 bridgehead atoms. The Bertz CT molecular complexity index is 544. The average Bonchev–Trinajstić information content (AvgIpc) is 2.48. The standard InChI is InChI=1S/C11H20N4O2S/c1-7(2)15-10(12)9(18(3,16)17)11(14-15)13-8-5-4-6-8/h7-8H,4-6,12H2,1-3H3,(H,13,14). The van der Waals surface area contributed by atoms with E-state index in [-0.39, 0.29) is 16.8 Å². The summed E-state index contributed by atoms with van der Waals surface area (Å²) in [6.45, 7) is 3.84. The van der Waals surface area contributed by atoms with Crippen molar-refractivity contribution in [1.82, 2.24) is 9.78 Å². The normalized spacial score (nSPS) is 16.9. The van der Waals surface area contributed by atoms with Gasteiger partial charge in [-0.1, -0.05) is 0 Å². The number of nitrogens with one attached hydrogen (secondary N) is 1. The molecule has 1 saturated carbocycles. The van der Waals surface area contributed by atoms with Crippen molar-refractivity contribution in [3.63, 3.8) is 0 Å². The van der Waals surface area contributed by atoms with Crippen LogP contribution < -0.4 is 11.1 Å². The molecule has 1 aromatic heterocycles. The summed E-state index contributed by atoms with van der Waals surface area (Å²) in [5.74, 6) is 0.614. The van der Waals surface area contributed by atoms with Crippen molar-refractivity contribution in [3.8, 4) is 0 Å². The van der Waals surface area contributed by atoms with Gasteiger partial charge in [0.1, 0.15) is 5.82 Å².